The lowest BCUT2D eigenvalue weighted by Gasteiger charge is -2.11. The Kier molecular flexibility index (Phi) is 5.60. The highest BCUT2D eigenvalue weighted by Gasteiger charge is 2.10. The molecule has 22 heavy (non-hydrogen) atoms. The smallest absolute Gasteiger partial charge is 0.229 e. The van der Waals surface area contributed by atoms with Gasteiger partial charge in [-0.1, -0.05) is 6.07 Å². The van der Waals surface area contributed by atoms with Crippen molar-refractivity contribution in [3.8, 4) is 0 Å². The Morgan fingerprint density at radius 2 is 1.86 bits per heavy atom. The summed E-state index contributed by atoms with van der Waals surface area (Å²) in [5, 5.41) is 5.72. The van der Waals surface area contributed by atoms with E-state index in [0.717, 1.165) is 19.5 Å². The van der Waals surface area contributed by atoms with Gasteiger partial charge in [0.05, 0.1) is 0 Å². The van der Waals surface area contributed by atoms with Gasteiger partial charge in [-0.3, -0.25) is 0 Å². The molecule has 7 heteroatoms. The highest BCUT2D eigenvalue weighted by atomic mass is 19.1. The number of nitrogens with one attached hydrogen (secondary N) is 2. The molecule has 0 radical (unpaired) electrons. The van der Waals surface area contributed by atoms with Crippen LogP contribution in [0, 0.1) is 11.6 Å². The molecule has 0 aliphatic carbocycles. The van der Waals surface area contributed by atoms with Crippen molar-refractivity contribution >= 4 is 17.5 Å². The second-order valence-corrected chi connectivity index (χ2v) is 5.07. The molecule has 0 saturated carbocycles. The maximum absolute atomic E-state index is 13.6. The lowest BCUT2D eigenvalue weighted by Crippen LogP contribution is -2.16. The average Bonchev–Trinajstić information content (AvgIpc) is 2.48. The fourth-order valence-electron chi connectivity index (χ4n) is 1.86. The standard InChI is InChI=1S/C15H19F2N5/c1-22(2)10-4-8-18-13-7-9-19-15(20-13)21-14-11(16)5-3-6-12(14)17/h3,5-7,9H,4,8,10H2,1-2H3,(H2,18,19,20,21). The largest absolute Gasteiger partial charge is 0.370 e. The van der Waals surface area contributed by atoms with E-state index in [2.05, 4.69) is 25.5 Å². The van der Waals surface area contributed by atoms with Crippen molar-refractivity contribution in [2.45, 2.75) is 6.42 Å². The van der Waals surface area contributed by atoms with Crippen molar-refractivity contribution in [2.75, 3.05) is 37.8 Å². The van der Waals surface area contributed by atoms with Gasteiger partial charge < -0.3 is 15.5 Å². The number of rotatable bonds is 7. The second kappa shape index (κ2) is 7.65. The van der Waals surface area contributed by atoms with E-state index in [1.165, 1.54) is 24.4 Å². The van der Waals surface area contributed by atoms with E-state index in [0.29, 0.717) is 5.82 Å². The summed E-state index contributed by atoms with van der Waals surface area (Å²) in [6.45, 7) is 1.71. The molecule has 2 N–H and O–H groups in total. The molecule has 0 saturated heterocycles. The van der Waals surface area contributed by atoms with Crippen molar-refractivity contribution in [1.82, 2.24) is 14.9 Å². The number of hydrogen-bond acceptors (Lipinski definition) is 5. The van der Waals surface area contributed by atoms with E-state index in [4.69, 9.17) is 0 Å². The normalized spacial score (nSPS) is 10.8. The first kappa shape index (κ1) is 16.1. The third kappa shape index (κ3) is 4.63. The molecule has 1 aromatic carbocycles. The van der Waals surface area contributed by atoms with Crippen LogP contribution >= 0.6 is 0 Å². The Balaban J connectivity index is 1.99. The zero-order valence-electron chi connectivity index (χ0n) is 12.6. The molecule has 0 aliphatic heterocycles. The van der Waals surface area contributed by atoms with Gasteiger partial charge >= 0.3 is 0 Å². The molecular formula is C15H19F2N5. The van der Waals surface area contributed by atoms with Crippen molar-refractivity contribution in [1.29, 1.82) is 0 Å². The number of benzene rings is 1. The fourth-order valence-corrected chi connectivity index (χ4v) is 1.86. The number of para-hydroxylation sites is 1. The van der Waals surface area contributed by atoms with Gasteiger partial charge in [0.2, 0.25) is 5.95 Å². The van der Waals surface area contributed by atoms with Crippen LogP contribution in [-0.2, 0) is 0 Å². The van der Waals surface area contributed by atoms with Crippen molar-refractivity contribution in [3.05, 3.63) is 42.1 Å². The third-order valence-corrected chi connectivity index (χ3v) is 2.94. The molecule has 0 fully saturated rings. The molecule has 0 amide bonds. The highest BCUT2D eigenvalue weighted by molar-refractivity contribution is 5.56. The van der Waals surface area contributed by atoms with Gasteiger partial charge in [0.25, 0.3) is 0 Å². The van der Waals surface area contributed by atoms with Crippen LogP contribution in [0.3, 0.4) is 0 Å². The molecule has 0 spiro atoms. The number of hydrogen-bond donors (Lipinski definition) is 2. The van der Waals surface area contributed by atoms with Gasteiger partial charge in [0.1, 0.15) is 23.1 Å². The fraction of sp³-hybridized carbons (Fsp3) is 0.333. The maximum Gasteiger partial charge on any atom is 0.229 e. The summed E-state index contributed by atoms with van der Waals surface area (Å²) in [5.74, 6) is -0.629. The molecule has 1 heterocycles. The van der Waals surface area contributed by atoms with Gasteiger partial charge in [-0.25, -0.2) is 13.8 Å². The van der Waals surface area contributed by atoms with Crippen molar-refractivity contribution in [2.24, 2.45) is 0 Å². The van der Waals surface area contributed by atoms with Crippen LogP contribution in [0.4, 0.5) is 26.2 Å². The van der Waals surface area contributed by atoms with Gasteiger partial charge in [-0.05, 0) is 45.3 Å². The molecule has 0 unspecified atom stereocenters. The Hall–Kier alpha value is -2.28. The summed E-state index contributed by atoms with van der Waals surface area (Å²) in [5.41, 5.74) is -0.257. The number of aromatic nitrogens is 2. The Labute approximate surface area is 128 Å². The predicted molar refractivity (Wildman–Crippen MR) is 83.3 cm³/mol. The summed E-state index contributed by atoms with van der Waals surface area (Å²) < 4.78 is 27.2. The van der Waals surface area contributed by atoms with E-state index in [1.807, 2.05) is 14.1 Å². The van der Waals surface area contributed by atoms with Crippen LogP contribution in [0.2, 0.25) is 0 Å². The van der Waals surface area contributed by atoms with Crippen molar-refractivity contribution < 1.29 is 8.78 Å². The van der Waals surface area contributed by atoms with E-state index in [1.54, 1.807) is 6.07 Å². The Morgan fingerprint density at radius 3 is 2.55 bits per heavy atom. The number of anilines is 3. The summed E-state index contributed by atoms with van der Waals surface area (Å²) in [6.07, 6.45) is 2.49. The van der Waals surface area contributed by atoms with Crippen molar-refractivity contribution in [3.63, 3.8) is 0 Å². The zero-order valence-corrected chi connectivity index (χ0v) is 12.6. The molecule has 118 valence electrons. The minimum absolute atomic E-state index is 0.140. The van der Waals surface area contributed by atoms with E-state index < -0.39 is 11.6 Å². The molecule has 2 aromatic rings. The second-order valence-electron chi connectivity index (χ2n) is 5.07. The van der Waals surface area contributed by atoms with Gasteiger partial charge in [-0.15, -0.1) is 0 Å². The third-order valence-electron chi connectivity index (χ3n) is 2.94. The first-order chi connectivity index (χ1) is 10.6. The lowest BCUT2D eigenvalue weighted by atomic mass is 10.3. The average molecular weight is 307 g/mol. The van der Waals surface area contributed by atoms with Crippen LogP contribution < -0.4 is 10.6 Å². The molecular weight excluding hydrogens is 288 g/mol. The van der Waals surface area contributed by atoms with Crippen LogP contribution in [-0.4, -0.2) is 42.1 Å². The van der Waals surface area contributed by atoms with E-state index in [-0.39, 0.29) is 11.6 Å². The van der Waals surface area contributed by atoms with Crippen LogP contribution in [0.1, 0.15) is 6.42 Å². The molecule has 0 bridgehead atoms. The zero-order chi connectivity index (χ0) is 15.9. The molecule has 1 aromatic heterocycles. The first-order valence-electron chi connectivity index (χ1n) is 6.99. The molecule has 2 rings (SSSR count). The minimum atomic E-state index is -0.687. The van der Waals surface area contributed by atoms with E-state index >= 15 is 0 Å². The lowest BCUT2D eigenvalue weighted by molar-refractivity contribution is 0.405. The van der Waals surface area contributed by atoms with Gasteiger partial charge in [-0.2, -0.15) is 4.98 Å². The summed E-state index contributed by atoms with van der Waals surface area (Å²) in [4.78, 5) is 10.2. The Bertz CT molecular complexity index is 598. The monoisotopic (exact) mass is 307 g/mol. The predicted octanol–water partition coefficient (Wildman–Crippen LogP) is 2.86. The van der Waals surface area contributed by atoms with Crippen LogP contribution in [0.15, 0.2) is 30.5 Å². The van der Waals surface area contributed by atoms with Gasteiger partial charge in [0.15, 0.2) is 0 Å². The van der Waals surface area contributed by atoms with Crippen LogP contribution in [0.5, 0.6) is 0 Å². The SMILES string of the molecule is CN(C)CCCNc1ccnc(Nc2c(F)cccc2F)n1. The summed E-state index contributed by atoms with van der Waals surface area (Å²) >= 11 is 0. The minimum Gasteiger partial charge on any atom is -0.370 e. The maximum atomic E-state index is 13.6. The topological polar surface area (TPSA) is 53.1 Å². The quantitative estimate of drug-likeness (QED) is 0.770. The highest BCUT2D eigenvalue weighted by Crippen LogP contribution is 2.21. The van der Waals surface area contributed by atoms with E-state index in [9.17, 15) is 8.78 Å². The first-order valence-corrected chi connectivity index (χ1v) is 6.99. The van der Waals surface area contributed by atoms with Gasteiger partial charge in [0, 0.05) is 12.7 Å². The van der Waals surface area contributed by atoms with Crippen LogP contribution in [0.25, 0.3) is 0 Å². The molecule has 5 nitrogen and oxygen atoms in total. The number of halogens is 2. The molecule has 0 aliphatic rings. The molecule has 0 atom stereocenters. The summed E-state index contributed by atoms with van der Waals surface area (Å²) in [7, 11) is 4.02. The Morgan fingerprint density at radius 1 is 1.14 bits per heavy atom. The summed E-state index contributed by atoms with van der Waals surface area (Å²) in [6, 6.07) is 5.36. The number of nitrogens with zero attached hydrogens (tertiary/aromatic N) is 3.